The van der Waals surface area contributed by atoms with Crippen molar-refractivity contribution in [1.82, 2.24) is 49.8 Å². The molecule has 7 aromatic heterocycles. The van der Waals surface area contributed by atoms with Crippen LogP contribution in [0.1, 0.15) is 0 Å². The fourth-order valence-corrected chi connectivity index (χ4v) is 16.2. The van der Waals surface area contributed by atoms with Gasteiger partial charge in [-0.1, -0.05) is 400 Å². The zero-order valence-corrected chi connectivity index (χ0v) is 67.2. The predicted octanol–water partition coefficient (Wildman–Crippen LogP) is 28.6. The van der Waals surface area contributed by atoms with E-state index >= 15 is 0 Å². The van der Waals surface area contributed by atoms with Gasteiger partial charge in [0, 0.05) is 77.8 Å². The second kappa shape index (κ2) is 33.5. The molecule has 7 heterocycles. The fourth-order valence-electron chi connectivity index (χ4n) is 16.2. The van der Waals surface area contributed by atoms with Crippen LogP contribution in [-0.4, -0.2) is 49.8 Å². The number of hydrogen-bond donors (Lipinski definition) is 0. The van der Waals surface area contributed by atoms with Gasteiger partial charge in [-0.25, -0.2) is 44.9 Å². The lowest BCUT2D eigenvalue weighted by molar-refractivity contribution is 1.07. The molecule has 0 N–H and O–H groups in total. The van der Waals surface area contributed by atoms with Crippen LogP contribution in [0.15, 0.2) is 449 Å². The highest BCUT2D eigenvalue weighted by atomic mass is 15.0. The van der Waals surface area contributed by atoms with Gasteiger partial charge in [0.05, 0.1) is 61.9 Å². The molecule has 0 amide bonds. The van der Waals surface area contributed by atoms with E-state index in [1.807, 2.05) is 115 Å². The third kappa shape index (κ3) is 15.5. The summed E-state index contributed by atoms with van der Waals surface area (Å²) >= 11 is 0. The van der Waals surface area contributed by atoms with Crippen molar-refractivity contribution in [3.63, 3.8) is 0 Å². The third-order valence-corrected chi connectivity index (χ3v) is 22.8. The van der Waals surface area contributed by atoms with Gasteiger partial charge in [0.25, 0.3) is 0 Å². The molecule has 0 spiro atoms. The maximum atomic E-state index is 5.28. The average Bonchev–Trinajstić information content (AvgIpc) is 0.755. The Kier molecular flexibility index (Phi) is 20.2. The summed E-state index contributed by atoms with van der Waals surface area (Å²) < 4.78 is 0. The number of aromatic nitrogens is 10. The summed E-state index contributed by atoms with van der Waals surface area (Å²) in [4.78, 5) is 50.6. The molecule has 0 fully saturated rings. The van der Waals surface area contributed by atoms with Gasteiger partial charge in [-0.15, -0.1) is 0 Å². The smallest absolute Gasteiger partial charge is 0.164 e. The molecular weight excluding hydrogens is 1510 g/mol. The zero-order chi connectivity index (χ0) is 82.5. The predicted molar refractivity (Wildman–Crippen MR) is 508 cm³/mol. The average molecular weight is 1580 g/mol. The largest absolute Gasteiger partial charge is 0.255 e. The van der Waals surface area contributed by atoms with E-state index in [-0.39, 0.29) is 0 Å². The van der Waals surface area contributed by atoms with Crippen LogP contribution in [0, 0.1) is 0 Å². The van der Waals surface area contributed by atoms with E-state index in [1.54, 1.807) is 6.20 Å². The summed E-state index contributed by atoms with van der Waals surface area (Å²) in [6, 6.07) is 153. The maximum absolute atomic E-state index is 5.28. The number of pyridine rings is 5. The van der Waals surface area contributed by atoms with Crippen molar-refractivity contribution in [1.29, 1.82) is 0 Å². The van der Waals surface area contributed by atoms with Crippen LogP contribution >= 0.6 is 0 Å². The highest BCUT2D eigenvalue weighted by Crippen LogP contribution is 2.41. The van der Waals surface area contributed by atoms with E-state index in [2.05, 4.69) is 333 Å². The Morgan fingerprint density at radius 2 is 0.371 bits per heavy atom. The Morgan fingerprint density at radius 1 is 0.129 bits per heavy atom. The molecule has 0 unspecified atom stereocenters. The van der Waals surface area contributed by atoms with E-state index in [0.29, 0.717) is 23.3 Å². The Labute approximate surface area is 717 Å². The van der Waals surface area contributed by atoms with E-state index in [4.69, 9.17) is 44.9 Å². The quantitative estimate of drug-likeness (QED) is 0.0862. The first-order valence-electron chi connectivity index (χ1n) is 41.5. The lowest BCUT2D eigenvalue weighted by atomic mass is 9.95. The third-order valence-electron chi connectivity index (χ3n) is 22.8. The lowest BCUT2D eigenvalue weighted by Gasteiger charge is -2.13. The van der Waals surface area contributed by atoms with Gasteiger partial charge in [-0.3, -0.25) is 4.98 Å². The molecular formula is C114H74N10. The molecule has 0 radical (unpaired) electrons. The first kappa shape index (κ1) is 74.7. The number of benzene rings is 15. The summed E-state index contributed by atoms with van der Waals surface area (Å²) in [5.74, 6) is 2.58. The van der Waals surface area contributed by atoms with Crippen LogP contribution < -0.4 is 0 Å². The van der Waals surface area contributed by atoms with E-state index in [1.165, 1.54) is 16.7 Å². The number of nitrogens with zero attached hydrogens (tertiary/aromatic N) is 10. The van der Waals surface area contributed by atoms with Gasteiger partial charge in [-0.2, -0.15) is 0 Å². The summed E-state index contributed by atoms with van der Waals surface area (Å²) in [5.41, 5.74) is 32.2. The molecule has 0 saturated carbocycles. The Balaban J connectivity index is 0.000000152. The summed E-state index contributed by atoms with van der Waals surface area (Å²) in [7, 11) is 0. The molecule has 0 atom stereocenters. The van der Waals surface area contributed by atoms with Crippen molar-refractivity contribution in [2.45, 2.75) is 0 Å². The minimum atomic E-state index is 0.625. The Bertz CT molecular complexity index is 7130. The van der Waals surface area contributed by atoms with Crippen LogP contribution in [0.25, 0.3) is 224 Å². The van der Waals surface area contributed by atoms with Gasteiger partial charge < -0.3 is 0 Å². The summed E-state index contributed by atoms with van der Waals surface area (Å²) in [5, 5.41) is 4.20. The molecule has 10 nitrogen and oxygen atoms in total. The van der Waals surface area contributed by atoms with E-state index in [0.717, 1.165) is 184 Å². The van der Waals surface area contributed by atoms with Gasteiger partial charge in [-0.05, 0) is 109 Å². The summed E-state index contributed by atoms with van der Waals surface area (Å²) in [6.45, 7) is 0. The first-order chi connectivity index (χ1) is 61.4. The normalized spacial score (nSPS) is 11.2. The molecule has 0 aliphatic carbocycles. The molecule has 0 aliphatic heterocycles. The fraction of sp³-hybridized carbons (Fsp3) is 0. The van der Waals surface area contributed by atoms with Crippen molar-refractivity contribution < 1.29 is 0 Å². The standard InChI is InChI=1S/2C57H37N5/c1-5-13-38(14-6-1)39-23-29-47(30-24-39)56-60-55(46-19-11-4-12-20-46)61-57(62-56)48-31-25-41(26-32-48)40-21-27-42(28-22-40)50-37-52(44-17-9-3-10-18-44)59-54-49(50)35-33-45-34-36-51(58-53(45)54)43-15-7-2-8-16-43;1-4-12-38(13-5-1)39-21-27-45(28-22-39)54-37-53(44-16-8-3-9-17-44)61-57(62-54)47-29-23-41(24-30-47)40-19-25-42(26-20-40)49-36-52(43-14-6-2-7-15-43)60-56-48(49)33-31-46-32-34-51(59-55(46)56)50-18-10-11-35-58-50/h2*1-37H. The Morgan fingerprint density at radius 3 is 0.726 bits per heavy atom. The zero-order valence-electron chi connectivity index (χ0n) is 67.2. The molecule has 0 bridgehead atoms. The topological polar surface area (TPSA) is 129 Å². The monoisotopic (exact) mass is 1580 g/mol. The van der Waals surface area contributed by atoms with Crippen LogP contribution in [0.2, 0.25) is 0 Å². The van der Waals surface area contributed by atoms with Crippen LogP contribution in [0.3, 0.4) is 0 Å². The molecule has 580 valence electrons. The molecule has 22 rings (SSSR count). The molecule has 0 aliphatic rings. The van der Waals surface area contributed by atoms with Crippen LogP contribution in [0.5, 0.6) is 0 Å². The minimum absolute atomic E-state index is 0.625. The second-order valence-electron chi connectivity index (χ2n) is 30.6. The second-order valence-corrected chi connectivity index (χ2v) is 30.6. The van der Waals surface area contributed by atoms with Crippen LogP contribution in [-0.2, 0) is 0 Å². The highest BCUT2D eigenvalue weighted by Gasteiger charge is 2.21. The van der Waals surface area contributed by atoms with Gasteiger partial charge >= 0.3 is 0 Å². The van der Waals surface area contributed by atoms with Crippen molar-refractivity contribution in [2.75, 3.05) is 0 Å². The van der Waals surface area contributed by atoms with Crippen molar-refractivity contribution in [3.05, 3.63) is 449 Å². The highest BCUT2D eigenvalue weighted by molar-refractivity contribution is 6.11. The number of fused-ring (bicyclic) bond motifs is 6. The molecule has 15 aromatic carbocycles. The van der Waals surface area contributed by atoms with Crippen molar-refractivity contribution >= 4 is 43.6 Å². The van der Waals surface area contributed by atoms with Crippen molar-refractivity contribution in [3.8, 4) is 180 Å². The minimum Gasteiger partial charge on any atom is -0.255 e. The molecule has 22 aromatic rings. The van der Waals surface area contributed by atoms with Crippen LogP contribution in [0.4, 0.5) is 0 Å². The Hall–Kier alpha value is -16.8. The first-order valence-corrected chi connectivity index (χ1v) is 41.5. The van der Waals surface area contributed by atoms with Gasteiger partial charge in [0.15, 0.2) is 23.3 Å². The molecule has 10 heteroatoms. The van der Waals surface area contributed by atoms with Crippen molar-refractivity contribution in [2.24, 2.45) is 0 Å². The number of rotatable bonds is 16. The van der Waals surface area contributed by atoms with E-state index < -0.39 is 0 Å². The van der Waals surface area contributed by atoms with E-state index in [9.17, 15) is 0 Å². The van der Waals surface area contributed by atoms with Gasteiger partial charge in [0.2, 0.25) is 0 Å². The number of hydrogen-bond acceptors (Lipinski definition) is 10. The SMILES string of the molecule is c1ccc(-c2ccc(-c3cc(-c4ccccc4)nc(-c4ccc(-c5ccc(-c6cc(-c7ccccc7)nc7c6ccc6ccc(-c8ccccn8)nc67)cc5)cc4)n3)cc2)cc1.c1ccc(-c2ccc(-c3nc(-c4ccccc4)nc(-c4ccc(-c5ccc(-c6cc(-c7ccccc7)nc7c6ccc6ccc(-c8ccccc8)nc67)cc5)cc4)n3)cc2)cc1. The lowest BCUT2D eigenvalue weighted by Crippen LogP contribution is -2.00. The molecule has 0 saturated heterocycles. The molecule has 124 heavy (non-hydrogen) atoms. The summed E-state index contributed by atoms with van der Waals surface area (Å²) in [6.07, 6.45) is 1.80. The van der Waals surface area contributed by atoms with Gasteiger partial charge in [0.1, 0.15) is 0 Å². The maximum Gasteiger partial charge on any atom is 0.164 e.